The van der Waals surface area contributed by atoms with Crippen molar-refractivity contribution in [1.82, 2.24) is 4.84 Å². The van der Waals surface area contributed by atoms with Gasteiger partial charge in [0.2, 0.25) is 5.91 Å². The first-order valence-corrected chi connectivity index (χ1v) is 13.5. The fourth-order valence-electron chi connectivity index (χ4n) is 4.24. The van der Waals surface area contributed by atoms with Crippen molar-refractivity contribution in [3.8, 4) is 0 Å². The molecule has 0 heterocycles. The molecule has 2 nitrogen and oxygen atoms in total. The number of nitrogens with one attached hydrogen (secondary N) is 1. The molecule has 29 heavy (non-hydrogen) atoms. The summed E-state index contributed by atoms with van der Waals surface area (Å²) in [6.45, 7) is 4.54. The molecule has 0 saturated carbocycles. The minimum absolute atomic E-state index is 0.0403. The quantitative estimate of drug-likeness (QED) is 0.127. The van der Waals surface area contributed by atoms with Crippen LogP contribution in [0.3, 0.4) is 0 Å². The van der Waals surface area contributed by atoms with Crippen LogP contribution in [-0.4, -0.2) is 5.91 Å². The van der Waals surface area contributed by atoms with Gasteiger partial charge in [-0.2, -0.15) is 0 Å². The van der Waals surface area contributed by atoms with E-state index in [2.05, 4.69) is 18.7 Å². The highest BCUT2D eigenvalue weighted by Gasteiger charge is 2.16. The largest absolute Gasteiger partial charge is 0.273 e. The second-order valence-corrected chi connectivity index (χ2v) is 9.29. The molecule has 0 rings (SSSR count). The topological polar surface area (TPSA) is 29.1 Å². The third-order valence-corrected chi connectivity index (χ3v) is 6.46. The summed E-state index contributed by atoms with van der Waals surface area (Å²) < 4.78 is 0. The number of hydrogen-bond donors (Lipinski definition) is 1. The molecule has 1 N–H and O–H groups in total. The first-order chi connectivity index (χ1) is 14.3. The van der Waals surface area contributed by atoms with E-state index in [0.717, 1.165) is 12.8 Å². The van der Waals surface area contributed by atoms with Gasteiger partial charge in [0.25, 0.3) is 0 Å². The Morgan fingerprint density at radius 2 is 0.828 bits per heavy atom. The Bertz CT molecular complexity index is 311. The van der Waals surface area contributed by atoms with Crippen LogP contribution in [-0.2, 0) is 4.79 Å². The summed E-state index contributed by atoms with van der Waals surface area (Å²) in [5.74, 6) is 0.161. The zero-order valence-electron chi connectivity index (χ0n) is 19.9. The highest BCUT2D eigenvalue weighted by molar-refractivity contribution is 6.21. The molecule has 0 aromatic heterocycles. The first-order valence-electron chi connectivity index (χ1n) is 13.2. The SMILES string of the molecule is CCCCCCCCCCCCC(CCCCCCCCCCCC)C(=O)NCl. The van der Waals surface area contributed by atoms with Gasteiger partial charge in [-0.15, -0.1) is 0 Å². The van der Waals surface area contributed by atoms with E-state index in [1.54, 1.807) is 0 Å². The van der Waals surface area contributed by atoms with Gasteiger partial charge < -0.3 is 0 Å². The van der Waals surface area contributed by atoms with E-state index in [4.69, 9.17) is 11.8 Å². The molecule has 0 aliphatic heterocycles. The fourth-order valence-corrected chi connectivity index (χ4v) is 4.39. The minimum Gasteiger partial charge on any atom is -0.273 e. The third kappa shape index (κ3) is 20.8. The standard InChI is InChI=1S/C26H52ClNO/c1-3-5-7-9-11-13-15-17-19-21-23-25(26(29)28-27)24-22-20-18-16-14-12-10-8-6-4-2/h25H,3-24H2,1-2H3,(H,28,29). The van der Waals surface area contributed by atoms with Gasteiger partial charge in [0.05, 0.1) is 0 Å². The van der Waals surface area contributed by atoms with Crippen molar-refractivity contribution >= 4 is 17.7 Å². The average molecular weight is 430 g/mol. The average Bonchev–Trinajstić information content (AvgIpc) is 2.74. The van der Waals surface area contributed by atoms with E-state index in [-0.39, 0.29) is 11.8 Å². The predicted molar refractivity (Wildman–Crippen MR) is 130 cm³/mol. The Morgan fingerprint density at radius 1 is 0.552 bits per heavy atom. The molecule has 0 bridgehead atoms. The van der Waals surface area contributed by atoms with E-state index in [1.165, 1.54) is 128 Å². The molecular weight excluding hydrogens is 378 g/mol. The first kappa shape index (κ1) is 28.8. The Morgan fingerprint density at radius 3 is 1.10 bits per heavy atom. The molecule has 174 valence electrons. The molecular formula is C26H52ClNO. The third-order valence-electron chi connectivity index (χ3n) is 6.28. The Labute approximate surface area is 188 Å². The highest BCUT2D eigenvalue weighted by Crippen LogP contribution is 2.20. The molecule has 0 saturated heterocycles. The van der Waals surface area contributed by atoms with Crippen molar-refractivity contribution in [2.24, 2.45) is 5.92 Å². The van der Waals surface area contributed by atoms with Gasteiger partial charge in [-0.25, -0.2) is 0 Å². The van der Waals surface area contributed by atoms with Crippen LogP contribution in [0.5, 0.6) is 0 Å². The summed E-state index contributed by atoms with van der Waals surface area (Å²) in [5.41, 5.74) is 0. The van der Waals surface area contributed by atoms with Crippen molar-refractivity contribution in [2.45, 2.75) is 155 Å². The van der Waals surface area contributed by atoms with E-state index in [1.807, 2.05) is 0 Å². The fraction of sp³-hybridized carbons (Fsp3) is 0.962. The van der Waals surface area contributed by atoms with Crippen LogP contribution in [0.25, 0.3) is 0 Å². The summed E-state index contributed by atoms with van der Waals surface area (Å²) in [7, 11) is 0. The zero-order valence-corrected chi connectivity index (χ0v) is 20.7. The normalized spacial score (nSPS) is 11.3. The molecule has 0 spiro atoms. The van der Waals surface area contributed by atoms with Crippen LogP contribution < -0.4 is 4.84 Å². The molecule has 0 aliphatic rings. The van der Waals surface area contributed by atoms with Gasteiger partial charge in [0, 0.05) is 17.7 Å². The van der Waals surface area contributed by atoms with E-state index >= 15 is 0 Å². The van der Waals surface area contributed by atoms with Crippen LogP contribution in [0.2, 0.25) is 0 Å². The van der Waals surface area contributed by atoms with Crippen LogP contribution >= 0.6 is 11.8 Å². The minimum atomic E-state index is 0.0403. The lowest BCUT2D eigenvalue weighted by Gasteiger charge is -2.14. The van der Waals surface area contributed by atoms with Crippen molar-refractivity contribution in [3.63, 3.8) is 0 Å². The number of amides is 1. The van der Waals surface area contributed by atoms with Crippen molar-refractivity contribution in [3.05, 3.63) is 0 Å². The summed E-state index contributed by atoms with van der Waals surface area (Å²) in [6, 6.07) is 0. The van der Waals surface area contributed by atoms with Crippen molar-refractivity contribution < 1.29 is 4.79 Å². The number of rotatable bonds is 23. The summed E-state index contributed by atoms with van der Waals surface area (Å²) in [5, 5.41) is 0. The lowest BCUT2D eigenvalue weighted by atomic mass is 9.93. The maximum absolute atomic E-state index is 12.1. The van der Waals surface area contributed by atoms with E-state index in [0.29, 0.717) is 0 Å². The van der Waals surface area contributed by atoms with Gasteiger partial charge >= 0.3 is 0 Å². The molecule has 1 amide bonds. The number of carbonyl (C=O) groups excluding carboxylic acids is 1. The van der Waals surface area contributed by atoms with Crippen LogP contribution in [0, 0.1) is 5.92 Å². The molecule has 0 aromatic rings. The van der Waals surface area contributed by atoms with Crippen molar-refractivity contribution in [2.75, 3.05) is 0 Å². The molecule has 0 atom stereocenters. The predicted octanol–water partition coefficient (Wildman–Crippen LogP) is 9.49. The number of unbranched alkanes of at least 4 members (excludes halogenated alkanes) is 18. The second-order valence-electron chi connectivity index (χ2n) is 9.10. The Hall–Kier alpha value is -0.240. The maximum atomic E-state index is 12.1. The molecule has 0 radical (unpaired) electrons. The summed E-state index contributed by atoms with van der Waals surface area (Å²) >= 11 is 5.61. The summed E-state index contributed by atoms with van der Waals surface area (Å²) in [6.07, 6.45) is 28.9. The Balaban J connectivity index is 3.59. The van der Waals surface area contributed by atoms with Gasteiger partial charge in [0.1, 0.15) is 0 Å². The molecule has 0 unspecified atom stereocenters. The van der Waals surface area contributed by atoms with E-state index in [9.17, 15) is 4.79 Å². The van der Waals surface area contributed by atoms with Crippen LogP contribution in [0.4, 0.5) is 0 Å². The second kappa shape index (κ2) is 24.0. The molecule has 3 heteroatoms. The lowest BCUT2D eigenvalue weighted by molar-refractivity contribution is -0.123. The number of halogens is 1. The maximum Gasteiger partial charge on any atom is 0.237 e. The van der Waals surface area contributed by atoms with Crippen LogP contribution in [0.15, 0.2) is 0 Å². The van der Waals surface area contributed by atoms with Crippen molar-refractivity contribution in [1.29, 1.82) is 0 Å². The van der Waals surface area contributed by atoms with Gasteiger partial charge in [-0.1, -0.05) is 142 Å². The lowest BCUT2D eigenvalue weighted by Crippen LogP contribution is -2.23. The Kier molecular flexibility index (Phi) is 23.8. The number of carbonyl (C=O) groups is 1. The smallest absolute Gasteiger partial charge is 0.237 e. The number of hydrogen-bond acceptors (Lipinski definition) is 1. The highest BCUT2D eigenvalue weighted by atomic mass is 35.5. The van der Waals surface area contributed by atoms with Gasteiger partial charge in [-0.05, 0) is 12.8 Å². The van der Waals surface area contributed by atoms with Crippen LogP contribution in [0.1, 0.15) is 155 Å². The molecule has 0 aromatic carbocycles. The monoisotopic (exact) mass is 429 g/mol. The molecule has 0 fully saturated rings. The zero-order chi connectivity index (χ0) is 21.4. The summed E-state index contributed by atoms with van der Waals surface area (Å²) in [4.78, 5) is 14.4. The molecule has 0 aliphatic carbocycles. The van der Waals surface area contributed by atoms with E-state index < -0.39 is 0 Å². The van der Waals surface area contributed by atoms with Gasteiger partial charge in [0.15, 0.2) is 0 Å². The van der Waals surface area contributed by atoms with Gasteiger partial charge in [-0.3, -0.25) is 9.63 Å².